The SMILES string of the molecule is CCN(CC)C[C@H](O)COc1cc(CN(C)Cc2cccnc2)ccc1OC. The highest BCUT2D eigenvalue weighted by Crippen LogP contribution is 2.28. The molecule has 0 radical (unpaired) electrons. The molecule has 6 nitrogen and oxygen atoms in total. The molecule has 1 atom stereocenters. The maximum absolute atomic E-state index is 10.3. The monoisotopic (exact) mass is 387 g/mol. The van der Waals surface area contributed by atoms with Gasteiger partial charge < -0.3 is 19.5 Å². The van der Waals surface area contributed by atoms with E-state index in [4.69, 9.17) is 9.47 Å². The second-order valence-corrected chi connectivity index (χ2v) is 6.97. The molecule has 0 saturated heterocycles. The summed E-state index contributed by atoms with van der Waals surface area (Å²) in [7, 11) is 3.70. The first-order valence-corrected chi connectivity index (χ1v) is 9.83. The predicted octanol–water partition coefficient (Wildman–Crippen LogP) is 2.80. The topological polar surface area (TPSA) is 58.1 Å². The minimum atomic E-state index is -0.540. The molecule has 0 fully saturated rings. The van der Waals surface area contributed by atoms with Gasteiger partial charge in [0, 0.05) is 32.0 Å². The Morgan fingerprint density at radius 2 is 1.82 bits per heavy atom. The van der Waals surface area contributed by atoms with Crippen molar-refractivity contribution in [3.05, 3.63) is 53.9 Å². The smallest absolute Gasteiger partial charge is 0.161 e. The second kappa shape index (κ2) is 11.6. The number of ether oxygens (including phenoxy) is 2. The molecule has 1 aromatic heterocycles. The number of pyridine rings is 1. The second-order valence-electron chi connectivity index (χ2n) is 6.97. The lowest BCUT2D eigenvalue weighted by Gasteiger charge is -2.22. The minimum Gasteiger partial charge on any atom is -0.493 e. The van der Waals surface area contributed by atoms with Crippen molar-refractivity contribution >= 4 is 0 Å². The van der Waals surface area contributed by atoms with E-state index in [1.54, 1.807) is 13.3 Å². The minimum absolute atomic E-state index is 0.238. The number of methoxy groups -OCH3 is 1. The fourth-order valence-electron chi connectivity index (χ4n) is 3.12. The summed E-state index contributed by atoms with van der Waals surface area (Å²) < 4.78 is 11.3. The van der Waals surface area contributed by atoms with Crippen molar-refractivity contribution in [1.82, 2.24) is 14.8 Å². The maximum atomic E-state index is 10.3. The average molecular weight is 388 g/mol. The fraction of sp³-hybridized carbons (Fsp3) is 0.500. The third kappa shape index (κ3) is 7.11. The molecule has 2 aromatic rings. The van der Waals surface area contributed by atoms with Crippen LogP contribution < -0.4 is 9.47 Å². The van der Waals surface area contributed by atoms with Crippen LogP contribution in [0.25, 0.3) is 0 Å². The van der Waals surface area contributed by atoms with E-state index in [1.807, 2.05) is 30.5 Å². The quantitative estimate of drug-likeness (QED) is 0.604. The van der Waals surface area contributed by atoms with Crippen molar-refractivity contribution in [2.75, 3.05) is 40.4 Å². The van der Waals surface area contributed by atoms with Crippen LogP contribution in [0.15, 0.2) is 42.7 Å². The van der Waals surface area contributed by atoms with Crippen LogP contribution in [0, 0.1) is 0 Å². The molecule has 0 bridgehead atoms. The number of hydrogen-bond acceptors (Lipinski definition) is 6. The number of aliphatic hydroxyl groups is 1. The summed E-state index contributed by atoms with van der Waals surface area (Å²) in [6, 6.07) is 9.97. The first-order valence-electron chi connectivity index (χ1n) is 9.83. The van der Waals surface area contributed by atoms with Crippen molar-refractivity contribution in [3.63, 3.8) is 0 Å². The molecule has 0 aliphatic rings. The lowest BCUT2D eigenvalue weighted by molar-refractivity contribution is 0.0705. The van der Waals surface area contributed by atoms with Crippen molar-refractivity contribution < 1.29 is 14.6 Å². The predicted molar refractivity (Wildman–Crippen MR) is 112 cm³/mol. The Morgan fingerprint density at radius 1 is 1.07 bits per heavy atom. The van der Waals surface area contributed by atoms with Crippen LogP contribution in [0.1, 0.15) is 25.0 Å². The largest absolute Gasteiger partial charge is 0.493 e. The highest BCUT2D eigenvalue weighted by molar-refractivity contribution is 5.43. The van der Waals surface area contributed by atoms with Crippen molar-refractivity contribution in [1.29, 1.82) is 0 Å². The van der Waals surface area contributed by atoms with Crippen LogP contribution in [0.5, 0.6) is 11.5 Å². The Balaban J connectivity index is 1.96. The van der Waals surface area contributed by atoms with E-state index < -0.39 is 6.10 Å². The zero-order chi connectivity index (χ0) is 20.4. The van der Waals surface area contributed by atoms with Crippen LogP contribution >= 0.6 is 0 Å². The number of nitrogens with zero attached hydrogens (tertiary/aromatic N) is 3. The van der Waals surface area contributed by atoms with Gasteiger partial charge in [-0.3, -0.25) is 9.88 Å². The van der Waals surface area contributed by atoms with E-state index in [0.717, 1.165) is 31.7 Å². The van der Waals surface area contributed by atoms with Crippen LogP contribution in [-0.2, 0) is 13.1 Å². The molecule has 1 N–H and O–H groups in total. The summed E-state index contributed by atoms with van der Waals surface area (Å²) in [5.41, 5.74) is 2.30. The van der Waals surface area contributed by atoms with Gasteiger partial charge in [-0.1, -0.05) is 26.0 Å². The molecule has 0 amide bonds. The molecule has 0 aliphatic carbocycles. The van der Waals surface area contributed by atoms with Crippen molar-refractivity contribution in [2.24, 2.45) is 0 Å². The van der Waals surface area contributed by atoms with Gasteiger partial charge in [-0.25, -0.2) is 0 Å². The Morgan fingerprint density at radius 3 is 2.46 bits per heavy atom. The van der Waals surface area contributed by atoms with E-state index in [1.165, 1.54) is 5.56 Å². The number of rotatable bonds is 12. The number of aliphatic hydroxyl groups excluding tert-OH is 1. The molecule has 28 heavy (non-hydrogen) atoms. The fourth-order valence-corrected chi connectivity index (χ4v) is 3.12. The van der Waals surface area contributed by atoms with Crippen molar-refractivity contribution in [2.45, 2.75) is 33.0 Å². The first kappa shape index (κ1) is 22.1. The summed E-state index contributed by atoms with van der Waals surface area (Å²) in [5, 5.41) is 10.3. The molecular weight excluding hydrogens is 354 g/mol. The number of benzene rings is 1. The summed E-state index contributed by atoms with van der Waals surface area (Å²) in [5.74, 6) is 1.34. The molecule has 2 rings (SSSR count). The van der Waals surface area contributed by atoms with Gasteiger partial charge >= 0.3 is 0 Å². The summed E-state index contributed by atoms with van der Waals surface area (Å²) >= 11 is 0. The van der Waals surface area contributed by atoms with Gasteiger partial charge in [-0.15, -0.1) is 0 Å². The van der Waals surface area contributed by atoms with Crippen LogP contribution in [0.2, 0.25) is 0 Å². The van der Waals surface area contributed by atoms with Gasteiger partial charge in [0.05, 0.1) is 7.11 Å². The van der Waals surface area contributed by atoms with Gasteiger partial charge in [-0.05, 0) is 49.5 Å². The molecule has 1 aromatic carbocycles. The first-order chi connectivity index (χ1) is 13.5. The summed E-state index contributed by atoms with van der Waals surface area (Å²) in [6.07, 6.45) is 3.13. The zero-order valence-electron chi connectivity index (χ0n) is 17.5. The number of hydrogen-bond donors (Lipinski definition) is 1. The third-order valence-corrected chi connectivity index (χ3v) is 4.65. The average Bonchev–Trinajstić information content (AvgIpc) is 2.71. The number of aromatic nitrogens is 1. The standard InChI is InChI=1S/C22H33N3O3/c1-5-25(6-2)16-20(26)17-28-22-12-18(9-10-21(22)27-4)14-24(3)15-19-8-7-11-23-13-19/h7-13,20,26H,5-6,14-17H2,1-4H3/t20-/m0/s1. The zero-order valence-corrected chi connectivity index (χ0v) is 17.5. The Labute approximate surface area is 168 Å². The lowest BCUT2D eigenvalue weighted by atomic mass is 10.1. The van der Waals surface area contributed by atoms with E-state index in [0.29, 0.717) is 18.0 Å². The van der Waals surface area contributed by atoms with Crippen LogP contribution in [-0.4, -0.2) is 66.4 Å². The Kier molecular flexibility index (Phi) is 9.20. The molecule has 0 saturated carbocycles. The number of likely N-dealkylation sites (N-methyl/N-ethyl adjacent to an activating group) is 1. The van der Waals surface area contributed by atoms with E-state index >= 15 is 0 Å². The van der Waals surface area contributed by atoms with Gasteiger partial charge in [0.15, 0.2) is 11.5 Å². The van der Waals surface area contributed by atoms with Crippen LogP contribution in [0.3, 0.4) is 0 Å². The molecule has 1 heterocycles. The maximum Gasteiger partial charge on any atom is 0.161 e. The van der Waals surface area contributed by atoms with Crippen molar-refractivity contribution in [3.8, 4) is 11.5 Å². The normalized spacial score (nSPS) is 12.4. The van der Waals surface area contributed by atoms with Gasteiger partial charge in [0.1, 0.15) is 12.7 Å². The highest BCUT2D eigenvalue weighted by atomic mass is 16.5. The summed E-state index contributed by atoms with van der Waals surface area (Å²) in [6.45, 7) is 8.43. The molecule has 0 spiro atoms. The Hall–Kier alpha value is -2.15. The lowest BCUT2D eigenvalue weighted by Crippen LogP contribution is -2.35. The third-order valence-electron chi connectivity index (χ3n) is 4.65. The van der Waals surface area contributed by atoms with E-state index in [-0.39, 0.29) is 6.61 Å². The molecule has 0 unspecified atom stereocenters. The molecule has 0 aliphatic heterocycles. The van der Waals surface area contributed by atoms with Gasteiger partial charge in [-0.2, -0.15) is 0 Å². The van der Waals surface area contributed by atoms with Gasteiger partial charge in [0.2, 0.25) is 0 Å². The van der Waals surface area contributed by atoms with E-state index in [2.05, 4.69) is 41.7 Å². The molecule has 154 valence electrons. The Bertz CT molecular complexity index is 693. The van der Waals surface area contributed by atoms with E-state index in [9.17, 15) is 5.11 Å². The van der Waals surface area contributed by atoms with Crippen LogP contribution in [0.4, 0.5) is 0 Å². The molecule has 6 heteroatoms. The van der Waals surface area contributed by atoms with Gasteiger partial charge in [0.25, 0.3) is 0 Å². The molecular formula is C22H33N3O3. The summed E-state index contributed by atoms with van der Waals surface area (Å²) in [4.78, 5) is 8.56. The highest BCUT2D eigenvalue weighted by Gasteiger charge is 2.13.